The van der Waals surface area contributed by atoms with Gasteiger partial charge in [0.05, 0.1) is 48.7 Å². The number of imidazole rings is 2. The number of ether oxygens (including phenoxy) is 2. The Hall–Kier alpha value is -8.04. The first kappa shape index (κ1) is 51.4. The number of carbonyl (C=O) groups excluding carboxylic acids is 2. The molecule has 0 atom stereocenters. The zero-order chi connectivity index (χ0) is 50.3. The molecule has 18 nitrogen and oxygen atoms in total. The Morgan fingerprint density at radius 1 is 0.557 bits per heavy atom. The topological polar surface area (TPSA) is 234 Å². The molecule has 0 saturated heterocycles. The van der Waals surface area contributed by atoms with Gasteiger partial charge in [0.25, 0.3) is 11.3 Å². The van der Waals surface area contributed by atoms with Gasteiger partial charge in [-0.3, -0.25) is 9.59 Å². The molecule has 0 saturated carbocycles. The number of hydrazone groups is 2. The standard InChI is InChI=1S/C36H34N8O4.2C7H8O3S/c1-41-29(23-43-19-5-3-7-35(41)43)25-47-31-13-9-27(10-14-31)21-37-39-33(45)17-18-34(46)40-38-22-28-11-15-32(16-12-28)48-26-30-24-44-20-6-4-8-36(44)42(30)2;2*1-6-2-4-7(5-3-6)11(8,9)10/h3-16,19-24H,17-18,25-26H2,1-2H3;2*2-5H,1H3,(H,8,9,10)/b37-21+,38-22+;;. The van der Waals surface area contributed by atoms with E-state index in [9.17, 15) is 35.5 Å². The van der Waals surface area contributed by atoms with Crippen LogP contribution >= 0.6 is 0 Å². The van der Waals surface area contributed by atoms with Crippen molar-refractivity contribution < 1.29 is 53.8 Å². The van der Waals surface area contributed by atoms with Crippen LogP contribution in [-0.2, 0) is 57.1 Å². The molecule has 70 heavy (non-hydrogen) atoms. The number of nitrogens with zero attached hydrogens (tertiary/aromatic N) is 6. The minimum absolute atomic E-state index is 0.0286. The van der Waals surface area contributed by atoms with Crippen molar-refractivity contribution in [2.45, 2.75) is 49.7 Å². The van der Waals surface area contributed by atoms with Crippen LogP contribution in [0.3, 0.4) is 0 Å². The molecule has 4 aromatic carbocycles. The second-order valence-electron chi connectivity index (χ2n) is 15.6. The maximum atomic E-state index is 12.2. The molecule has 0 fully saturated rings. The first-order valence-electron chi connectivity index (χ1n) is 21.5. The molecule has 4 heterocycles. The van der Waals surface area contributed by atoms with E-state index in [2.05, 4.69) is 39.0 Å². The summed E-state index contributed by atoms with van der Waals surface area (Å²) in [6.45, 7) is 4.49. The summed E-state index contributed by atoms with van der Waals surface area (Å²) in [6, 6.07) is 38.4. The van der Waals surface area contributed by atoms with Crippen molar-refractivity contribution in [3.05, 3.63) is 192 Å². The number of aromatic nitrogens is 4. The maximum Gasteiger partial charge on any atom is 0.286 e. The number of amides is 2. The number of benzene rings is 4. The predicted octanol–water partition coefficient (Wildman–Crippen LogP) is 5.18. The molecule has 0 aliphatic carbocycles. The number of rotatable bonds is 15. The number of pyridine rings is 2. The van der Waals surface area contributed by atoms with Gasteiger partial charge < -0.3 is 18.6 Å². The molecule has 0 aliphatic rings. The smallest absolute Gasteiger partial charge is 0.286 e. The summed E-state index contributed by atoms with van der Waals surface area (Å²) in [5.74, 6) is 0.683. The lowest BCUT2D eigenvalue weighted by molar-refractivity contribution is -0.511. The van der Waals surface area contributed by atoms with E-state index >= 15 is 0 Å². The highest BCUT2D eigenvalue weighted by molar-refractivity contribution is 7.86. The lowest BCUT2D eigenvalue weighted by Crippen LogP contribution is -2.22. The molecule has 2 N–H and O–H groups in total. The van der Waals surface area contributed by atoms with Gasteiger partial charge in [-0.2, -0.15) is 10.2 Å². The molecule has 0 unspecified atom stereocenters. The highest BCUT2D eigenvalue weighted by atomic mass is 32.2. The Kier molecular flexibility index (Phi) is 17.5. The second-order valence-corrected chi connectivity index (χ2v) is 18.4. The first-order chi connectivity index (χ1) is 33.4. The maximum absolute atomic E-state index is 12.2. The summed E-state index contributed by atoms with van der Waals surface area (Å²) >= 11 is 0. The van der Waals surface area contributed by atoms with Crippen molar-refractivity contribution in [3.63, 3.8) is 0 Å². The average Bonchev–Trinajstić information content (AvgIpc) is 3.84. The molecular formula is C50H50N8O10S2. The van der Waals surface area contributed by atoms with Crippen LogP contribution in [0.1, 0.15) is 46.5 Å². The van der Waals surface area contributed by atoms with Gasteiger partial charge in [-0.05, 0) is 110 Å². The van der Waals surface area contributed by atoms with Crippen molar-refractivity contribution in [2.75, 3.05) is 0 Å². The lowest BCUT2D eigenvalue weighted by Gasteiger charge is -2.05. The Morgan fingerprint density at radius 3 is 1.24 bits per heavy atom. The lowest BCUT2D eigenvalue weighted by atomic mass is 10.2. The largest absolute Gasteiger partial charge is 0.744 e. The summed E-state index contributed by atoms with van der Waals surface area (Å²) < 4.78 is 82.5. The third-order valence-electron chi connectivity index (χ3n) is 10.4. The number of fused-ring (bicyclic) bond motifs is 2. The first-order valence-corrected chi connectivity index (χ1v) is 24.3. The number of nitrogens with one attached hydrogen (secondary N) is 2. The summed E-state index contributed by atoms with van der Waals surface area (Å²) in [5.41, 5.74) is 12.6. The molecule has 8 rings (SSSR count). The molecule has 0 spiro atoms. The molecule has 0 aliphatic heterocycles. The van der Waals surface area contributed by atoms with Crippen LogP contribution in [0, 0.1) is 13.8 Å². The van der Waals surface area contributed by atoms with Crippen LogP contribution in [0.4, 0.5) is 0 Å². The van der Waals surface area contributed by atoms with Gasteiger partial charge in [0.15, 0.2) is 24.6 Å². The molecule has 362 valence electrons. The molecule has 0 radical (unpaired) electrons. The molecular weight excluding hydrogens is 937 g/mol. The van der Waals surface area contributed by atoms with E-state index in [-0.39, 0.29) is 34.4 Å². The van der Waals surface area contributed by atoms with Gasteiger partial charge >= 0.3 is 0 Å². The zero-order valence-electron chi connectivity index (χ0n) is 38.6. The number of hydrogen-bond donors (Lipinski definition) is 2. The van der Waals surface area contributed by atoms with Crippen LogP contribution in [0.25, 0.3) is 11.3 Å². The Labute approximate surface area is 405 Å². The molecule has 8 aromatic rings. The van der Waals surface area contributed by atoms with Gasteiger partial charge in [0.1, 0.15) is 44.1 Å². The highest BCUT2D eigenvalue weighted by Crippen LogP contribution is 2.16. The Bertz CT molecular complexity index is 3110. The van der Waals surface area contributed by atoms with Gasteiger partial charge in [-0.1, -0.05) is 47.5 Å². The molecule has 0 bridgehead atoms. The van der Waals surface area contributed by atoms with E-state index in [0.29, 0.717) is 13.2 Å². The van der Waals surface area contributed by atoms with E-state index in [1.807, 2.05) is 138 Å². The SMILES string of the molecule is Cc1ccc(S(=O)(=O)[O-])cc1.Cc1ccc(S(=O)(=O)[O-])cc1.Cn1c(COc2ccc(/C=N/NC(=O)CCC(=O)N/N=C/c3ccc(OCc4c[n+]5ccccc5n4C)cc3)cc2)c[n+]2ccccc12. The summed E-state index contributed by atoms with van der Waals surface area (Å²) in [4.78, 5) is 24.0. The van der Waals surface area contributed by atoms with Crippen molar-refractivity contribution in [1.82, 2.24) is 20.0 Å². The van der Waals surface area contributed by atoms with E-state index in [1.165, 1.54) is 36.7 Å². The predicted molar refractivity (Wildman–Crippen MR) is 258 cm³/mol. The quantitative estimate of drug-likeness (QED) is 0.0591. The average molecular weight is 987 g/mol. The van der Waals surface area contributed by atoms with E-state index in [1.54, 1.807) is 24.3 Å². The summed E-state index contributed by atoms with van der Waals surface area (Å²) in [6.07, 6.45) is 11.1. The zero-order valence-corrected chi connectivity index (χ0v) is 40.2. The van der Waals surface area contributed by atoms with Gasteiger partial charge in [0.2, 0.25) is 11.8 Å². The fraction of sp³-hybridized carbons (Fsp3) is 0.160. The van der Waals surface area contributed by atoms with Crippen LogP contribution < -0.4 is 29.1 Å². The molecule has 20 heteroatoms. The monoisotopic (exact) mass is 986 g/mol. The van der Waals surface area contributed by atoms with Crippen LogP contribution in [-0.4, -0.2) is 59.3 Å². The Morgan fingerprint density at radius 2 is 0.914 bits per heavy atom. The van der Waals surface area contributed by atoms with E-state index in [4.69, 9.17) is 9.47 Å². The van der Waals surface area contributed by atoms with Crippen molar-refractivity contribution >= 4 is 55.8 Å². The molecule has 4 aromatic heterocycles. The normalized spacial score (nSPS) is 11.5. The van der Waals surface area contributed by atoms with Crippen molar-refractivity contribution in [3.8, 4) is 11.5 Å². The van der Waals surface area contributed by atoms with Crippen LogP contribution in [0.2, 0.25) is 0 Å². The van der Waals surface area contributed by atoms with Crippen molar-refractivity contribution in [2.24, 2.45) is 24.3 Å². The fourth-order valence-electron chi connectivity index (χ4n) is 6.46. The van der Waals surface area contributed by atoms with Crippen LogP contribution in [0.5, 0.6) is 11.5 Å². The molecule has 2 amide bonds. The number of hydrogen-bond acceptors (Lipinski definition) is 12. The fourth-order valence-corrected chi connectivity index (χ4v) is 7.40. The minimum atomic E-state index is -4.27. The summed E-state index contributed by atoms with van der Waals surface area (Å²) in [7, 11) is -4.52. The van der Waals surface area contributed by atoms with Gasteiger partial charge in [-0.25, -0.2) is 45.6 Å². The second kappa shape index (κ2) is 23.8. The van der Waals surface area contributed by atoms with Gasteiger partial charge in [-0.15, -0.1) is 0 Å². The number of carbonyl (C=O) groups is 2. The third-order valence-corrected chi connectivity index (χ3v) is 12.1. The highest BCUT2D eigenvalue weighted by Gasteiger charge is 2.15. The third kappa shape index (κ3) is 15.2. The van der Waals surface area contributed by atoms with E-state index in [0.717, 1.165) is 56.4 Å². The minimum Gasteiger partial charge on any atom is -0.744 e. The number of aryl methyl sites for hydroxylation is 4. The van der Waals surface area contributed by atoms with Gasteiger partial charge in [0, 0.05) is 25.0 Å². The van der Waals surface area contributed by atoms with Crippen molar-refractivity contribution in [1.29, 1.82) is 0 Å². The Balaban J connectivity index is 0.000000298. The van der Waals surface area contributed by atoms with Crippen LogP contribution in [0.15, 0.2) is 178 Å². The van der Waals surface area contributed by atoms with E-state index < -0.39 is 20.2 Å². The summed E-state index contributed by atoms with van der Waals surface area (Å²) in [5, 5.41) is 7.97.